The molecule has 1 aliphatic heterocycles. The summed E-state index contributed by atoms with van der Waals surface area (Å²) in [5, 5.41) is 9.56. The Kier molecular flexibility index (Phi) is 5.50. The average Bonchev–Trinajstić information content (AvgIpc) is 2.81. The first-order chi connectivity index (χ1) is 11.5. The van der Waals surface area contributed by atoms with E-state index in [1.165, 1.54) is 4.90 Å². The molecule has 2 aromatic rings. The molecule has 4 nitrogen and oxygen atoms in total. The molecule has 0 aliphatic carbocycles. The zero-order valence-corrected chi connectivity index (χ0v) is 17.3. The van der Waals surface area contributed by atoms with Gasteiger partial charge >= 0.3 is 0 Å². The van der Waals surface area contributed by atoms with E-state index in [0.29, 0.717) is 12.0 Å². The van der Waals surface area contributed by atoms with Crippen molar-refractivity contribution >= 4 is 74.2 Å². The van der Waals surface area contributed by atoms with Gasteiger partial charge in [-0.3, -0.25) is 14.5 Å². The van der Waals surface area contributed by atoms with E-state index >= 15 is 0 Å². The molecule has 1 saturated heterocycles. The van der Waals surface area contributed by atoms with Crippen molar-refractivity contribution in [2.75, 3.05) is 0 Å². The SMILES string of the molecule is O=C1S/C(=C\c2cc(I)c(O)c(I)c2)C(=O)N1Cc1ccccc1. The van der Waals surface area contributed by atoms with Crippen LogP contribution in [0.5, 0.6) is 5.75 Å². The second-order valence-corrected chi connectivity index (χ2v) is 8.40. The molecule has 24 heavy (non-hydrogen) atoms. The molecular formula is C17H11I2NO3S. The molecule has 1 fully saturated rings. The number of hydrogen-bond donors (Lipinski definition) is 1. The van der Waals surface area contributed by atoms with Gasteiger partial charge in [0, 0.05) is 0 Å². The van der Waals surface area contributed by atoms with Crippen LogP contribution in [0.4, 0.5) is 4.79 Å². The van der Waals surface area contributed by atoms with Crippen molar-refractivity contribution in [1.82, 2.24) is 4.90 Å². The first-order valence-electron chi connectivity index (χ1n) is 6.93. The van der Waals surface area contributed by atoms with Gasteiger partial charge in [0.1, 0.15) is 5.75 Å². The molecule has 1 heterocycles. The second-order valence-electron chi connectivity index (χ2n) is 5.09. The molecule has 2 aromatic carbocycles. The molecule has 0 saturated carbocycles. The molecule has 0 bridgehead atoms. The van der Waals surface area contributed by atoms with Crippen molar-refractivity contribution in [3.05, 3.63) is 65.6 Å². The largest absolute Gasteiger partial charge is 0.506 e. The number of aromatic hydroxyl groups is 1. The van der Waals surface area contributed by atoms with Gasteiger partial charge in [-0.2, -0.15) is 0 Å². The minimum Gasteiger partial charge on any atom is -0.506 e. The lowest BCUT2D eigenvalue weighted by Gasteiger charge is -2.12. The van der Waals surface area contributed by atoms with Crippen molar-refractivity contribution in [3.8, 4) is 5.75 Å². The maximum Gasteiger partial charge on any atom is 0.293 e. The summed E-state index contributed by atoms with van der Waals surface area (Å²) in [6.45, 7) is 0.271. The standard InChI is InChI=1S/C17H11I2NO3S/c18-12-6-11(7-13(19)15(12)21)8-14-16(22)20(17(23)24-14)9-10-4-2-1-3-5-10/h1-8,21H,9H2/b14-8-. The Morgan fingerprint density at radius 1 is 1.08 bits per heavy atom. The monoisotopic (exact) mass is 563 g/mol. The zero-order chi connectivity index (χ0) is 17.3. The lowest BCUT2D eigenvalue weighted by Crippen LogP contribution is -2.27. The van der Waals surface area contributed by atoms with E-state index in [4.69, 9.17) is 0 Å². The van der Waals surface area contributed by atoms with E-state index in [-0.39, 0.29) is 23.4 Å². The van der Waals surface area contributed by atoms with Gasteiger partial charge in [-0.1, -0.05) is 30.3 Å². The van der Waals surface area contributed by atoms with Crippen molar-refractivity contribution in [3.63, 3.8) is 0 Å². The summed E-state index contributed by atoms with van der Waals surface area (Å²) in [7, 11) is 0. The molecule has 0 spiro atoms. The number of imide groups is 1. The summed E-state index contributed by atoms with van der Waals surface area (Å²) in [5.74, 6) is -0.0579. The summed E-state index contributed by atoms with van der Waals surface area (Å²) in [4.78, 5) is 26.3. The van der Waals surface area contributed by atoms with Gasteiger partial charge in [-0.25, -0.2) is 0 Å². The van der Waals surface area contributed by atoms with Crippen molar-refractivity contribution < 1.29 is 14.7 Å². The maximum absolute atomic E-state index is 12.5. The summed E-state index contributed by atoms with van der Waals surface area (Å²) >= 11 is 5.02. The smallest absolute Gasteiger partial charge is 0.293 e. The third-order valence-corrected chi connectivity index (χ3v) is 5.95. The number of phenolic OH excluding ortho intramolecular Hbond substituents is 1. The van der Waals surface area contributed by atoms with Gasteiger partial charge in [-0.15, -0.1) is 0 Å². The Bertz CT molecular complexity index is 829. The fourth-order valence-electron chi connectivity index (χ4n) is 2.22. The molecule has 1 aliphatic rings. The number of carbonyl (C=O) groups excluding carboxylic acids is 2. The molecular weight excluding hydrogens is 552 g/mol. The Morgan fingerprint density at radius 3 is 2.33 bits per heavy atom. The van der Waals surface area contributed by atoms with E-state index in [9.17, 15) is 14.7 Å². The fourth-order valence-corrected chi connectivity index (χ4v) is 4.88. The van der Waals surface area contributed by atoms with Crippen LogP contribution < -0.4 is 0 Å². The molecule has 0 aromatic heterocycles. The van der Waals surface area contributed by atoms with Gasteiger partial charge in [0.2, 0.25) is 0 Å². The molecule has 7 heteroatoms. The topological polar surface area (TPSA) is 57.6 Å². The van der Waals surface area contributed by atoms with E-state index in [1.807, 2.05) is 75.5 Å². The number of amides is 2. The Labute approximate surface area is 170 Å². The van der Waals surface area contributed by atoms with Crippen molar-refractivity contribution in [1.29, 1.82) is 0 Å². The van der Waals surface area contributed by atoms with Gasteiger partial charge in [-0.05, 0) is 86.3 Å². The number of benzene rings is 2. The highest BCUT2D eigenvalue weighted by Crippen LogP contribution is 2.35. The van der Waals surface area contributed by atoms with Crippen LogP contribution in [0.25, 0.3) is 6.08 Å². The minimum atomic E-state index is -0.285. The normalized spacial score (nSPS) is 16.2. The van der Waals surface area contributed by atoms with Gasteiger partial charge in [0.05, 0.1) is 18.6 Å². The highest BCUT2D eigenvalue weighted by Gasteiger charge is 2.34. The summed E-state index contributed by atoms with van der Waals surface area (Å²) in [6, 6.07) is 13.0. The molecule has 0 unspecified atom stereocenters. The lowest BCUT2D eigenvalue weighted by molar-refractivity contribution is -0.123. The molecule has 2 amide bonds. The average molecular weight is 563 g/mol. The number of halogens is 2. The van der Waals surface area contributed by atoms with Gasteiger partial charge < -0.3 is 5.11 Å². The summed E-state index contributed by atoms with van der Waals surface area (Å²) in [5.41, 5.74) is 1.70. The number of carbonyl (C=O) groups is 2. The predicted molar refractivity (Wildman–Crippen MR) is 111 cm³/mol. The number of nitrogens with zero attached hydrogens (tertiary/aromatic N) is 1. The second kappa shape index (κ2) is 7.44. The molecule has 1 N–H and O–H groups in total. The number of thioether (sulfide) groups is 1. The van der Waals surface area contributed by atoms with Crippen molar-refractivity contribution in [2.45, 2.75) is 6.54 Å². The van der Waals surface area contributed by atoms with Crippen LogP contribution in [-0.4, -0.2) is 21.2 Å². The van der Waals surface area contributed by atoms with E-state index in [1.54, 1.807) is 18.2 Å². The van der Waals surface area contributed by atoms with Crippen molar-refractivity contribution in [2.24, 2.45) is 0 Å². The van der Waals surface area contributed by atoms with E-state index < -0.39 is 0 Å². The Hall–Kier alpha value is -1.07. The third kappa shape index (κ3) is 3.77. The van der Waals surface area contributed by atoms with Crippen LogP contribution in [0.3, 0.4) is 0 Å². The fraction of sp³-hybridized carbons (Fsp3) is 0.0588. The zero-order valence-electron chi connectivity index (χ0n) is 12.2. The molecule has 3 rings (SSSR count). The van der Waals surface area contributed by atoms with Crippen LogP contribution in [0, 0.1) is 7.14 Å². The lowest BCUT2D eigenvalue weighted by atomic mass is 10.2. The predicted octanol–water partition coefficient (Wildman–Crippen LogP) is 4.84. The van der Waals surface area contributed by atoms with Crippen LogP contribution in [-0.2, 0) is 11.3 Å². The molecule has 0 atom stereocenters. The Balaban J connectivity index is 1.86. The third-order valence-electron chi connectivity index (χ3n) is 3.39. The van der Waals surface area contributed by atoms with Gasteiger partial charge in [0.15, 0.2) is 0 Å². The van der Waals surface area contributed by atoms with E-state index in [0.717, 1.165) is 22.9 Å². The van der Waals surface area contributed by atoms with Crippen LogP contribution in [0.15, 0.2) is 47.4 Å². The summed E-state index contributed by atoms with van der Waals surface area (Å²) < 4.78 is 1.41. The first-order valence-corrected chi connectivity index (χ1v) is 9.90. The number of rotatable bonds is 3. The minimum absolute atomic E-state index is 0.227. The quantitative estimate of drug-likeness (QED) is 0.430. The first kappa shape index (κ1) is 17.7. The molecule has 122 valence electrons. The van der Waals surface area contributed by atoms with Crippen LogP contribution in [0.1, 0.15) is 11.1 Å². The van der Waals surface area contributed by atoms with Gasteiger partial charge in [0.25, 0.3) is 11.1 Å². The van der Waals surface area contributed by atoms with Crippen LogP contribution in [0.2, 0.25) is 0 Å². The number of hydrogen-bond acceptors (Lipinski definition) is 4. The highest BCUT2D eigenvalue weighted by molar-refractivity contribution is 14.1. The Morgan fingerprint density at radius 2 is 1.71 bits per heavy atom. The number of phenols is 1. The highest BCUT2D eigenvalue weighted by atomic mass is 127. The van der Waals surface area contributed by atoms with Crippen LogP contribution >= 0.6 is 56.9 Å². The molecule has 0 radical (unpaired) electrons. The maximum atomic E-state index is 12.5. The van der Waals surface area contributed by atoms with E-state index in [2.05, 4.69) is 0 Å². The summed E-state index contributed by atoms with van der Waals surface area (Å²) in [6.07, 6.45) is 1.69.